The number of rotatable bonds is 5. The van der Waals surface area contributed by atoms with Gasteiger partial charge in [-0.25, -0.2) is 0 Å². The van der Waals surface area contributed by atoms with Crippen LogP contribution in [0.5, 0.6) is 0 Å². The van der Waals surface area contributed by atoms with Gasteiger partial charge >= 0.3 is 0 Å². The van der Waals surface area contributed by atoms with Crippen molar-refractivity contribution in [1.29, 1.82) is 0 Å². The third kappa shape index (κ3) is 2.76. The van der Waals surface area contributed by atoms with E-state index in [9.17, 15) is 0 Å². The second-order valence-electron chi connectivity index (χ2n) is 4.88. The zero-order chi connectivity index (χ0) is 12.2. The Bertz CT molecular complexity index is 331. The summed E-state index contributed by atoms with van der Waals surface area (Å²) in [6, 6.07) is 8.60. The van der Waals surface area contributed by atoms with Crippen LogP contribution in [-0.2, 0) is 6.54 Å². The van der Waals surface area contributed by atoms with Gasteiger partial charge in [0.1, 0.15) is 0 Å². The van der Waals surface area contributed by atoms with Gasteiger partial charge in [0, 0.05) is 24.8 Å². The Balaban J connectivity index is 3.02. The van der Waals surface area contributed by atoms with E-state index in [0.717, 1.165) is 13.0 Å². The van der Waals surface area contributed by atoms with E-state index < -0.39 is 0 Å². The standard InChI is InChI=1S/C14H24N2/c1-6-14(2,3)16(5)13-10-8-7-9-12(13)11-15-4/h7-10,15H,6,11H2,1-5H3. The van der Waals surface area contributed by atoms with E-state index in [4.69, 9.17) is 0 Å². The molecule has 0 radical (unpaired) electrons. The Labute approximate surface area is 99.7 Å². The molecule has 0 aromatic heterocycles. The molecule has 0 saturated heterocycles. The average Bonchev–Trinajstić information content (AvgIpc) is 2.29. The maximum Gasteiger partial charge on any atom is 0.0413 e. The molecule has 0 aliphatic rings. The van der Waals surface area contributed by atoms with Crippen LogP contribution in [-0.4, -0.2) is 19.6 Å². The highest BCUT2D eigenvalue weighted by atomic mass is 15.2. The summed E-state index contributed by atoms with van der Waals surface area (Å²) < 4.78 is 0. The number of hydrogen-bond donors (Lipinski definition) is 1. The summed E-state index contributed by atoms with van der Waals surface area (Å²) in [5.41, 5.74) is 2.88. The third-order valence-electron chi connectivity index (χ3n) is 3.49. The van der Waals surface area contributed by atoms with Crippen LogP contribution in [0.4, 0.5) is 5.69 Å². The van der Waals surface area contributed by atoms with Crippen LogP contribution >= 0.6 is 0 Å². The largest absolute Gasteiger partial charge is 0.369 e. The highest BCUT2D eigenvalue weighted by Gasteiger charge is 2.22. The SMILES string of the molecule is CCC(C)(C)N(C)c1ccccc1CNC. The lowest BCUT2D eigenvalue weighted by Crippen LogP contribution is -2.41. The van der Waals surface area contributed by atoms with Crippen molar-refractivity contribution in [1.82, 2.24) is 5.32 Å². The predicted octanol–water partition coefficient (Wildman–Crippen LogP) is 3.03. The Kier molecular flexibility index (Phi) is 4.36. The number of hydrogen-bond acceptors (Lipinski definition) is 2. The summed E-state index contributed by atoms with van der Waals surface area (Å²) in [6.45, 7) is 7.71. The molecule has 0 atom stereocenters. The number of nitrogens with zero attached hydrogens (tertiary/aromatic N) is 1. The quantitative estimate of drug-likeness (QED) is 0.820. The summed E-state index contributed by atoms with van der Waals surface area (Å²) in [6.07, 6.45) is 1.14. The normalized spacial score (nSPS) is 11.6. The van der Waals surface area contributed by atoms with Crippen LogP contribution in [0.15, 0.2) is 24.3 Å². The Morgan fingerprint density at radius 2 is 1.88 bits per heavy atom. The summed E-state index contributed by atoms with van der Waals surface area (Å²) in [4.78, 5) is 2.37. The summed E-state index contributed by atoms with van der Waals surface area (Å²) >= 11 is 0. The van der Waals surface area contributed by atoms with E-state index in [1.165, 1.54) is 11.3 Å². The molecule has 90 valence electrons. The first kappa shape index (κ1) is 13.0. The van der Waals surface area contributed by atoms with Crippen LogP contribution in [0.3, 0.4) is 0 Å². The highest BCUT2D eigenvalue weighted by molar-refractivity contribution is 5.54. The van der Waals surface area contributed by atoms with Gasteiger partial charge in [-0.3, -0.25) is 0 Å². The third-order valence-corrected chi connectivity index (χ3v) is 3.49. The lowest BCUT2D eigenvalue weighted by atomic mass is 9.98. The summed E-state index contributed by atoms with van der Waals surface area (Å²) in [5.74, 6) is 0. The van der Waals surface area contributed by atoms with Crippen LogP contribution in [0.25, 0.3) is 0 Å². The topological polar surface area (TPSA) is 15.3 Å². The lowest BCUT2D eigenvalue weighted by Gasteiger charge is -2.38. The van der Waals surface area contributed by atoms with Gasteiger partial charge in [0.05, 0.1) is 0 Å². The van der Waals surface area contributed by atoms with Gasteiger partial charge in [-0.1, -0.05) is 25.1 Å². The molecular weight excluding hydrogens is 196 g/mol. The van der Waals surface area contributed by atoms with Crippen molar-refractivity contribution in [2.75, 3.05) is 19.0 Å². The second-order valence-corrected chi connectivity index (χ2v) is 4.88. The van der Waals surface area contributed by atoms with Gasteiger partial charge < -0.3 is 10.2 Å². The lowest BCUT2D eigenvalue weighted by molar-refractivity contribution is 0.469. The van der Waals surface area contributed by atoms with Crippen molar-refractivity contribution < 1.29 is 0 Å². The highest BCUT2D eigenvalue weighted by Crippen LogP contribution is 2.27. The molecule has 0 heterocycles. The molecule has 1 aromatic rings. The zero-order valence-corrected chi connectivity index (χ0v) is 11.2. The molecule has 0 fully saturated rings. The van der Waals surface area contributed by atoms with Gasteiger partial charge in [0.2, 0.25) is 0 Å². The molecule has 0 unspecified atom stereocenters. The Morgan fingerprint density at radius 3 is 2.44 bits per heavy atom. The Morgan fingerprint density at radius 1 is 1.25 bits per heavy atom. The molecule has 0 saturated carbocycles. The summed E-state index contributed by atoms with van der Waals surface area (Å²) in [7, 11) is 4.17. The molecule has 1 N–H and O–H groups in total. The van der Waals surface area contributed by atoms with Crippen LogP contribution in [0.1, 0.15) is 32.8 Å². The smallest absolute Gasteiger partial charge is 0.0413 e. The molecule has 1 aromatic carbocycles. The molecule has 16 heavy (non-hydrogen) atoms. The predicted molar refractivity (Wildman–Crippen MR) is 72.0 cm³/mol. The van der Waals surface area contributed by atoms with Gasteiger partial charge in [-0.2, -0.15) is 0 Å². The molecule has 2 heteroatoms. The van der Waals surface area contributed by atoms with Crippen molar-refractivity contribution in [2.45, 2.75) is 39.3 Å². The minimum atomic E-state index is 0.198. The van der Waals surface area contributed by atoms with E-state index in [1.54, 1.807) is 0 Å². The van der Waals surface area contributed by atoms with Crippen molar-refractivity contribution in [3.05, 3.63) is 29.8 Å². The van der Waals surface area contributed by atoms with Crippen molar-refractivity contribution in [2.24, 2.45) is 0 Å². The first-order valence-corrected chi connectivity index (χ1v) is 5.99. The first-order valence-electron chi connectivity index (χ1n) is 5.99. The number of nitrogens with one attached hydrogen (secondary N) is 1. The van der Waals surface area contributed by atoms with E-state index in [0.29, 0.717) is 0 Å². The van der Waals surface area contributed by atoms with Crippen LogP contribution < -0.4 is 10.2 Å². The number of benzene rings is 1. The summed E-state index contributed by atoms with van der Waals surface area (Å²) in [5, 5.41) is 3.22. The molecule has 0 spiro atoms. The Hall–Kier alpha value is -1.02. The fraction of sp³-hybridized carbons (Fsp3) is 0.571. The van der Waals surface area contributed by atoms with Crippen LogP contribution in [0, 0.1) is 0 Å². The first-order chi connectivity index (χ1) is 7.53. The fourth-order valence-corrected chi connectivity index (χ4v) is 1.74. The molecule has 0 aliphatic heterocycles. The molecule has 1 rings (SSSR count). The fourth-order valence-electron chi connectivity index (χ4n) is 1.74. The van der Waals surface area contributed by atoms with Crippen LogP contribution in [0.2, 0.25) is 0 Å². The van der Waals surface area contributed by atoms with E-state index in [-0.39, 0.29) is 5.54 Å². The minimum Gasteiger partial charge on any atom is -0.369 e. The van der Waals surface area contributed by atoms with Gasteiger partial charge in [-0.05, 0) is 38.9 Å². The van der Waals surface area contributed by atoms with Gasteiger partial charge in [0.15, 0.2) is 0 Å². The zero-order valence-electron chi connectivity index (χ0n) is 11.2. The van der Waals surface area contributed by atoms with Gasteiger partial charge in [0.25, 0.3) is 0 Å². The molecular formula is C14H24N2. The monoisotopic (exact) mass is 220 g/mol. The number of para-hydroxylation sites is 1. The second kappa shape index (κ2) is 5.35. The molecule has 0 aliphatic carbocycles. The molecule has 0 bridgehead atoms. The van der Waals surface area contributed by atoms with E-state index >= 15 is 0 Å². The maximum atomic E-state index is 3.22. The van der Waals surface area contributed by atoms with Crippen molar-refractivity contribution >= 4 is 5.69 Å². The average molecular weight is 220 g/mol. The molecule has 0 amide bonds. The minimum absolute atomic E-state index is 0.198. The van der Waals surface area contributed by atoms with Gasteiger partial charge in [-0.15, -0.1) is 0 Å². The number of anilines is 1. The van der Waals surface area contributed by atoms with E-state index in [2.05, 4.69) is 62.3 Å². The van der Waals surface area contributed by atoms with Crippen molar-refractivity contribution in [3.63, 3.8) is 0 Å². The maximum absolute atomic E-state index is 3.22. The van der Waals surface area contributed by atoms with E-state index in [1.807, 2.05) is 7.05 Å². The van der Waals surface area contributed by atoms with Crippen molar-refractivity contribution in [3.8, 4) is 0 Å². The molecule has 2 nitrogen and oxygen atoms in total.